The third-order valence-electron chi connectivity index (χ3n) is 9.87. The number of fused-ring (bicyclic) bond motifs is 9. The lowest BCUT2D eigenvalue weighted by molar-refractivity contribution is 1.08. The maximum Gasteiger partial charge on any atom is 0.166 e. The van der Waals surface area contributed by atoms with Gasteiger partial charge in [-0.2, -0.15) is 0 Å². The van der Waals surface area contributed by atoms with Gasteiger partial charge in [0.1, 0.15) is 0 Å². The number of hydrogen-bond acceptors (Lipinski definition) is 5. The van der Waals surface area contributed by atoms with Crippen LogP contribution in [0.3, 0.4) is 0 Å². The van der Waals surface area contributed by atoms with E-state index in [1.807, 2.05) is 0 Å². The summed E-state index contributed by atoms with van der Waals surface area (Å²) in [5.74, 6) is 1.99. The van der Waals surface area contributed by atoms with E-state index in [2.05, 4.69) is 162 Å². The van der Waals surface area contributed by atoms with Crippen LogP contribution in [0.15, 0.2) is 158 Å². The quantitative estimate of drug-likeness (QED) is 0.185. The Morgan fingerprint density at radius 1 is 0.373 bits per heavy atom. The normalized spacial score (nSPS) is 11.9. The number of benzene rings is 7. The van der Waals surface area contributed by atoms with Crippen molar-refractivity contribution in [3.63, 3.8) is 0 Å². The molecule has 51 heavy (non-hydrogen) atoms. The summed E-state index contributed by atoms with van der Waals surface area (Å²) in [6.45, 7) is 0. The van der Waals surface area contributed by atoms with Gasteiger partial charge in [0, 0.05) is 73.5 Å². The number of rotatable bonds is 4. The van der Waals surface area contributed by atoms with Gasteiger partial charge in [0.05, 0.1) is 11.0 Å². The Kier molecular flexibility index (Phi) is 6.26. The van der Waals surface area contributed by atoms with Crippen LogP contribution in [-0.4, -0.2) is 19.5 Å². The second-order valence-electron chi connectivity index (χ2n) is 12.8. The van der Waals surface area contributed by atoms with Gasteiger partial charge in [-0.1, -0.05) is 109 Å². The van der Waals surface area contributed by atoms with Crippen molar-refractivity contribution in [1.82, 2.24) is 19.5 Å². The first-order valence-corrected chi connectivity index (χ1v) is 18.6. The summed E-state index contributed by atoms with van der Waals surface area (Å²) in [6, 6.07) is 55.9. The fourth-order valence-electron chi connectivity index (χ4n) is 7.67. The molecule has 0 saturated heterocycles. The molecule has 4 nitrogen and oxygen atoms in total. The maximum atomic E-state index is 5.39. The van der Waals surface area contributed by atoms with Crippen LogP contribution in [0.5, 0.6) is 0 Å². The summed E-state index contributed by atoms with van der Waals surface area (Å²) in [7, 11) is 0. The highest BCUT2D eigenvalue weighted by molar-refractivity contribution is 7.26. The van der Waals surface area contributed by atoms with E-state index in [-0.39, 0.29) is 0 Å². The molecule has 0 radical (unpaired) electrons. The van der Waals surface area contributed by atoms with Crippen molar-refractivity contribution in [2.75, 3.05) is 0 Å². The van der Waals surface area contributed by atoms with Gasteiger partial charge in [0.2, 0.25) is 0 Å². The minimum absolute atomic E-state index is 0.648. The molecule has 0 bridgehead atoms. The summed E-state index contributed by atoms with van der Waals surface area (Å²) in [4.78, 5) is 16.1. The van der Waals surface area contributed by atoms with Gasteiger partial charge in [0.25, 0.3) is 0 Å². The van der Waals surface area contributed by atoms with E-state index in [4.69, 9.17) is 15.0 Å². The van der Waals surface area contributed by atoms with E-state index >= 15 is 0 Å². The SMILES string of the molecule is c1ccc(-n2c3ccccc3c3cccc(-c4nc(-c5cccc6c5sc5ccccc56)nc(-c5cccc6sc7ccccc7c56)n4)c32)cc1. The van der Waals surface area contributed by atoms with Gasteiger partial charge in [-0.25, -0.2) is 15.0 Å². The lowest BCUT2D eigenvalue weighted by Gasteiger charge is -2.13. The molecule has 0 aliphatic carbocycles. The Hall–Kier alpha value is -6.21. The lowest BCUT2D eigenvalue weighted by atomic mass is 10.0. The predicted molar refractivity (Wildman–Crippen MR) is 216 cm³/mol. The third kappa shape index (κ3) is 4.34. The largest absolute Gasteiger partial charge is 0.309 e. The Morgan fingerprint density at radius 3 is 1.75 bits per heavy atom. The maximum absolute atomic E-state index is 5.39. The second kappa shape index (κ2) is 11.2. The minimum Gasteiger partial charge on any atom is -0.309 e. The zero-order chi connectivity index (χ0) is 33.5. The fraction of sp³-hybridized carbons (Fsp3) is 0. The molecule has 4 heterocycles. The Bertz CT molecular complexity index is 3150. The number of aromatic nitrogens is 4. The average molecular weight is 687 g/mol. The molecule has 0 saturated carbocycles. The second-order valence-corrected chi connectivity index (χ2v) is 14.9. The molecule has 0 amide bonds. The first-order valence-electron chi connectivity index (χ1n) is 17.0. The highest BCUT2D eigenvalue weighted by Crippen LogP contribution is 2.43. The molecule has 0 atom stereocenters. The molecular formula is C45H26N4S2. The zero-order valence-electron chi connectivity index (χ0n) is 27.1. The molecule has 11 aromatic rings. The van der Waals surface area contributed by atoms with Gasteiger partial charge in [-0.05, 0) is 48.5 Å². The first-order chi connectivity index (χ1) is 25.3. The van der Waals surface area contributed by atoms with Crippen LogP contribution in [0, 0.1) is 0 Å². The van der Waals surface area contributed by atoms with E-state index in [0.717, 1.165) is 38.8 Å². The molecule has 0 fully saturated rings. The van der Waals surface area contributed by atoms with E-state index in [9.17, 15) is 0 Å². The molecule has 0 aliphatic rings. The molecular weight excluding hydrogens is 661 g/mol. The molecule has 11 rings (SSSR count). The highest BCUT2D eigenvalue weighted by Gasteiger charge is 2.22. The van der Waals surface area contributed by atoms with Crippen LogP contribution in [-0.2, 0) is 0 Å². The topological polar surface area (TPSA) is 43.6 Å². The molecule has 4 aromatic heterocycles. The van der Waals surface area contributed by atoms with E-state index < -0.39 is 0 Å². The van der Waals surface area contributed by atoms with Crippen molar-refractivity contribution in [2.45, 2.75) is 0 Å². The molecule has 238 valence electrons. The molecule has 0 spiro atoms. The zero-order valence-corrected chi connectivity index (χ0v) is 28.7. The van der Waals surface area contributed by atoms with Crippen LogP contribution < -0.4 is 0 Å². The van der Waals surface area contributed by atoms with Crippen molar-refractivity contribution in [3.8, 4) is 39.9 Å². The lowest BCUT2D eigenvalue weighted by Crippen LogP contribution is -2.02. The van der Waals surface area contributed by atoms with Crippen LogP contribution >= 0.6 is 22.7 Å². The van der Waals surface area contributed by atoms with Gasteiger partial charge in [-0.3, -0.25) is 0 Å². The summed E-state index contributed by atoms with van der Waals surface area (Å²) in [6.07, 6.45) is 0. The average Bonchev–Trinajstić information content (AvgIpc) is 3.88. The number of thiophene rings is 2. The molecule has 0 aliphatic heterocycles. The van der Waals surface area contributed by atoms with E-state index in [0.29, 0.717) is 17.5 Å². The Morgan fingerprint density at radius 2 is 0.922 bits per heavy atom. The number of hydrogen-bond donors (Lipinski definition) is 0. The summed E-state index contributed by atoms with van der Waals surface area (Å²) in [5, 5.41) is 7.21. The molecule has 6 heteroatoms. The highest BCUT2D eigenvalue weighted by atomic mass is 32.1. The third-order valence-corrected chi connectivity index (χ3v) is 12.2. The molecule has 0 unspecified atom stereocenters. The first kappa shape index (κ1) is 28.6. The Labute approximate surface area is 300 Å². The van der Waals surface area contributed by atoms with Crippen LogP contribution in [0.2, 0.25) is 0 Å². The standard InChI is InChI=1S/C45H26N4S2/c1-2-13-27(14-3-1)49-36-23-7-4-15-28(36)30-18-10-21-34(41(30)49)44-46-43(33-20-12-26-39-40(33)32-17-6-9-25-38(32)50-39)47-45(48-44)35-22-11-19-31-29-16-5-8-24-37(29)51-42(31)35/h1-26H. The van der Waals surface area contributed by atoms with Crippen molar-refractivity contribution in [1.29, 1.82) is 0 Å². The molecule has 0 N–H and O–H groups in total. The number of nitrogens with zero attached hydrogens (tertiary/aromatic N) is 4. The van der Waals surface area contributed by atoms with Crippen LogP contribution in [0.25, 0.3) is 102 Å². The van der Waals surface area contributed by atoms with Gasteiger partial charge in [-0.15, -0.1) is 22.7 Å². The van der Waals surface area contributed by atoms with Crippen LogP contribution in [0.4, 0.5) is 0 Å². The molecule has 7 aromatic carbocycles. The van der Waals surface area contributed by atoms with Crippen LogP contribution in [0.1, 0.15) is 0 Å². The summed E-state index contributed by atoms with van der Waals surface area (Å²) < 4.78 is 7.25. The van der Waals surface area contributed by atoms with Gasteiger partial charge < -0.3 is 4.57 Å². The van der Waals surface area contributed by atoms with Crippen molar-refractivity contribution in [3.05, 3.63) is 158 Å². The van der Waals surface area contributed by atoms with Crippen molar-refractivity contribution in [2.24, 2.45) is 0 Å². The van der Waals surface area contributed by atoms with Gasteiger partial charge >= 0.3 is 0 Å². The fourth-order valence-corrected chi connectivity index (χ4v) is 10.0. The van der Waals surface area contributed by atoms with Crippen molar-refractivity contribution >= 4 is 84.8 Å². The van der Waals surface area contributed by atoms with Gasteiger partial charge in [0.15, 0.2) is 17.5 Å². The summed E-state index contributed by atoms with van der Waals surface area (Å²) >= 11 is 3.60. The minimum atomic E-state index is 0.648. The predicted octanol–water partition coefficient (Wildman–Crippen LogP) is 12.7. The summed E-state index contributed by atoms with van der Waals surface area (Å²) in [5.41, 5.74) is 6.29. The van der Waals surface area contributed by atoms with E-state index in [1.165, 1.54) is 45.7 Å². The smallest absolute Gasteiger partial charge is 0.166 e. The van der Waals surface area contributed by atoms with E-state index in [1.54, 1.807) is 22.7 Å². The monoisotopic (exact) mass is 686 g/mol. The number of para-hydroxylation sites is 3. The van der Waals surface area contributed by atoms with Crippen molar-refractivity contribution < 1.29 is 0 Å². The Balaban J connectivity index is 1.26.